The molecule has 0 fully saturated rings. The van der Waals surface area contributed by atoms with Crippen LogP contribution in [0.1, 0.15) is 22.5 Å². The van der Waals surface area contributed by atoms with Crippen molar-refractivity contribution in [1.82, 2.24) is 4.57 Å². The molecule has 5 nitrogen and oxygen atoms in total. The molecule has 0 radical (unpaired) electrons. The number of carboxylic acids is 2. The number of rotatable bonds is 4. The number of aliphatic carboxylic acids is 1. The van der Waals surface area contributed by atoms with Crippen LogP contribution >= 0.6 is 0 Å². The molecule has 0 aliphatic heterocycles. The molecule has 0 atom stereocenters. The van der Waals surface area contributed by atoms with Crippen LogP contribution in [0.5, 0.6) is 0 Å². The molecule has 1 heterocycles. The van der Waals surface area contributed by atoms with E-state index >= 15 is 0 Å². The molecule has 0 saturated heterocycles. The predicted octanol–water partition coefficient (Wildman–Crippen LogP) is 2.12. The summed E-state index contributed by atoms with van der Waals surface area (Å²) in [5.74, 6) is -1.99. The van der Waals surface area contributed by atoms with Gasteiger partial charge in [-0.25, -0.2) is 4.79 Å². The quantitative estimate of drug-likeness (QED) is 0.867. The fourth-order valence-electron chi connectivity index (χ4n) is 2.02. The SMILES string of the molecule is Cc1ccc2c(c1)cc(C(=O)O)n2CCC(=O)O. The van der Waals surface area contributed by atoms with Gasteiger partial charge in [-0.1, -0.05) is 11.6 Å². The van der Waals surface area contributed by atoms with Crippen molar-refractivity contribution in [2.75, 3.05) is 0 Å². The fraction of sp³-hybridized carbons (Fsp3) is 0.231. The van der Waals surface area contributed by atoms with Crippen molar-refractivity contribution in [3.05, 3.63) is 35.5 Å². The molecule has 2 aromatic rings. The first-order valence-electron chi connectivity index (χ1n) is 5.54. The van der Waals surface area contributed by atoms with E-state index in [2.05, 4.69) is 0 Å². The molecular formula is C13H13NO4. The van der Waals surface area contributed by atoms with Crippen LogP contribution in [0.25, 0.3) is 10.9 Å². The summed E-state index contributed by atoms with van der Waals surface area (Å²) in [5.41, 5.74) is 1.91. The second-order valence-corrected chi connectivity index (χ2v) is 4.19. The second-order valence-electron chi connectivity index (χ2n) is 4.19. The van der Waals surface area contributed by atoms with Gasteiger partial charge >= 0.3 is 11.9 Å². The maximum atomic E-state index is 11.2. The van der Waals surface area contributed by atoms with Crippen LogP contribution in [-0.2, 0) is 11.3 Å². The van der Waals surface area contributed by atoms with E-state index in [1.807, 2.05) is 25.1 Å². The standard InChI is InChI=1S/C13H13NO4/c1-8-2-3-10-9(6-8)7-11(13(17)18)14(10)5-4-12(15)16/h2-3,6-7H,4-5H2,1H3,(H,15,16)(H,17,18). The number of benzene rings is 1. The van der Waals surface area contributed by atoms with Gasteiger partial charge in [-0.3, -0.25) is 4.79 Å². The molecule has 94 valence electrons. The third-order valence-corrected chi connectivity index (χ3v) is 2.83. The number of carboxylic acid groups (broad SMARTS) is 2. The number of carbonyl (C=O) groups is 2. The Kier molecular flexibility index (Phi) is 3.06. The number of hydrogen-bond acceptors (Lipinski definition) is 2. The van der Waals surface area contributed by atoms with Gasteiger partial charge in [0.05, 0.1) is 6.42 Å². The van der Waals surface area contributed by atoms with Crippen LogP contribution in [0.15, 0.2) is 24.3 Å². The first kappa shape index (κ1) is 12.2. The van der Waals surface area contributed by atoms with Crippen molar-refractivity contribution in [1.29, 1.82) is 0 Å². The topological polar surface area (TPSA) is 79.5 Å². The molecule has 0 unspecified atom stereocenters. The van der Waals surface area contributed by atoms with E-state index in [0.717, 1.165) is 16.5 Å². The van der Waals surface area contributed by atoms with Crippen molar-refractivity contribution < 1.29 is 19.8 Å². The van der Waals surface area contributed by atoms with Gasteiger partial charge in [-0.2, -0.15) is 0 Å². The van der Waals surface area contributed by atoms with Crippen molar-refractivity contribution in [3.8, 4) is 0 Å². The zero-order valence-electron chi connectivity index (χ0n) is 9.88. The smallest absolute Gasteiger partial charge is 0.352 e. The van der Waals surface area contributed by atoms with Gasteiger partial charge in [-0.05, 0) is 25.1 Å². The molecule has 5 heteroatoms. The minimum absolute atomic E-state index is 0.0993. The molecule has 18 heavy (non-hydrogen) atoms. The largest absolute Gasteiger partial charge is 0.481 e. The van der Waals surface area contributed by atoms with Gasteiger partial charge in [0.25, 0.3) is 0 Å². The molecule has 0 bridgehead atoms. The molecule has 0 spiro atoms. The van der Waals surface area contributed by atoms with Gasteiger partial charge in [0.15, 0.2) is 0 Å². The summed E-state index contributed by atoms with van der Waals surface area (Å²) < 4.78 is 1.53. The van der Waals surface area contributed by atoms with Crippen molar-refractivity contribution >= 4 is 22.8 Å². The van der Waals surface area contributed by atoms with Crippen LogP contribution < -0.4 is 0 Å². The minimum Gasteiger partial charge on any atom is -0.481 e. The minimum atomic E-state index is -1.05. The first-order valence-corrected chi connectivity index (χ1v) is 5.54. The maximum absolute atomic E-state index is 11.2. The third-order valence-electron chi connectivity index (χ3n) is 2.83. The number of aromatic nitrogens is 1. The third kappa shape index (κ3) is 2.20. The molecule has 2 N–H and O–H groups in total. The summed E-state index contributed by atoms with van der Waals surface area (Å²) in [6.45, 7) is 2.08. The van der Waals surface area contributed by atoms with Crippen molar-refractivity contribution in [2.24, 2.45) is 0 Å². The van der Waals surface area contributed by atoms with E-state index in [1.165, 1.54) is 4.57 Å². The Labute approximate surface area is 103 Å². The van der Waals surface area contributed by atoms with E-state index in [-0.39, 0.29) is 18.7 Å². The summed E-state index contributed by atoms with van der Waals surface area (Å²) in [6, 6.07) is 7.16. The summed E-state index contributed by atoms with van der Waals surface area (Å²) in [4.78, 5) is 21.8. The molecular weight excluding hydrogens is 234 g/mol. The highest BCUT2D eigenvalue weighted by molar-refractivity contribution is 5.94. The summed E-state index contributed by atoms with van der Waals surface area (Å²) >= 11 is 0. The van der Waals surface area contributed by atoms with Crippen LogP contribution in [0.3, 0.4) is 0 Å². The number of hydrogen-bond donors (Lipinski definition) is 2. The lowest BCUT2D eigenvalue weighted by Gasteiger charge is -2.06. The van der Waals surface area contributed by atoms with Crippen molar-refractivity contribution in [2.45, 2.75) is 19.9 Å². The van der Waals surface area contributed by atoms with E-state index in [9.17, 15) is 9.59 Å². The number of aromatic carboxylic acids is 1. The zero-order chi connectivity index (χ0) is 13.3. The summed E-state index contributed by atoms with van der Waals surface area (Å²) in [6.07, 6.45) is -0.0993. The highest BCUT2D eigenvalue weighted by atomic mass is 16.4. The number of nitrogens with zero attached hydrogens (tertiary/aromatic N) is 1. The Morgan fingerprint density at radius 2 is 1.94 bits per heavy atom. The molecule has 2 rings (SSSR count). The van der Waals surface area contributed by atoms with Gasteiger partial charge in [0.1, 0.15) is 5.69 Å². The summed E-state index contributed by atoms with van der Waals surface area (Å²) in [7, 11) is 0. The Morgan fingerprint density at radius 1 is 1.22 bits per heavy atom. The van der Waals surface area contributed by atoms with Crippen molar-refractivity contribution in [3.63, 3.8) is 0 Å². The molecule has 0 amide bonds. The molecule has 1 aromatic carbocycles. The average Bonchev–Trinajstić information content (AvgIpc) is 2.64. The first-order chi connectivity index (χ1) is 8.49. The molecule has 1 aromatic heterocycles. The number of aryl methyl sites for hydroxylation is 2. The Bertz CT molecular complexity index is 627. The van der Waals surface area contributed by atoms with Gasteiger partial charge in [0, 0.05) is 17.4 Å². The zero-order valence-corrected chi connectivity index (χ0v) is 9.88. The lowest BCUT2D eigenvalue weighted by molar-refractivity contribution is -0.137. The normalized spacial score (nSPS) is 10.7. The monoisotopic (exact) mass is 247 g/mol. The molecule has 0 saturated carbocycles. The fourth-order valence-corrected chi connectivity index (χ4v) is 2.02. The van der Waals surface area contributed by atoms with Gasteiger partial charge in [0.2, 0.25) is 0 Å². The predicted molar refractivity (Wildman–Crippen MR) is 65.9 cm³/mol. The van der Waals surface area contributed by atoms with E-state index in [4.69, 9.17) is 10.2 Å². The van der Waals surface area contributed by atoms with Gasteiger partial charge in [-0.15, -0.1) is 0 Å². The van der Waals surface area contributed by atoms with E-state index < -0.39 is 11.9 Å². The highest BCUT2D eigenvalue weighted by Crippen LogP contribution is 2.21. The second kappa shape index (κ2) is 4.52. The van der Waals surface area contributed by atoms with E-state index in [1.54, 1.807) is 6.07 Å². The number of fused-ring (bicyclic) bond motifs is 1. The average molecular weight is 247 g/mol. The lowest BCUT2D eigenvalue weighted by atomic mass is 10.2. The van der Waals surface area contributed by atoms with Crippen LogP contribution in [0.2, 0.25) is 0 Å². The lowest BCUT2D eigenvalue weighted by Crippen LogP contribution is -2.11. The van der Waals surface area contributed by atoms with Gasteiger partial charge < -0.3 is 14.8 Å². The molecule has 0 aliphatic carbocycles. The molecule has 0 aliphatic rings. The Balaban J connectivity index is 2.55. The van der Waals surface area contributed by atoms with Crippen LogP contribution in [0, 0.1) is 6.92 Å². The highest BCUT2D eigenvalue weighted by Gasteiger charge is 2.15. The maximum Gasteiger partial charge on any atom is 0.352 e. The van der Waals surface area contributed by atoms with Crippen LogP contribution in [0.4, 0.5) is 0 Å². The summed E-state index contributed by atoms with van der Waals surface area (Å²) in [5, 5.41) is 18.6. The Hall–Kier alpha value is -2.30. The Morgan fingerprint density at radius 3 is 2.56 bits per heavy atom. The van der Waals surface area contributed by atoms with Crippen LogP contribution in [-0.4, -0.2) is 26.7 Å². The van der Waals surface area contributed by atoms with E-state index in [0.29, 0.717) is 0 Å².